The molecular weight excluding hydrogens is 256 g/mol. The van der Waals surface area contributed by atoms with Gasteiger partial charge in [0.2, 0.25) is 11.8 Å². The van der Waals surface area contributed by atoms with Gasteiger partial charge in [0.1, 0.15) is 11.8 Å². The number of carbonyl (C=O) groups is 2. The quantitative estimate of drug-likeness (QED) is 0.845. The van der Waals surface area contributed by atoms with Gasteiger partial charge in [0.05, 0.1) is 12.8 Å². The topological polar surface area (TPSA) is 53.8 Å². The van der Waals surface area contributed by atoms with E-state index < -0.39 is 0 Å². The van der Waals surface area contributed by atoms with Gasteiger partial charge in [0, 0.05) is 19.5 Å². The number of furan rings is 1. The average molecular weight is 276 g/mol. The van der Waals surface area contributed by atoms with Crippen LogP contribution < -0.4 is 0 Å². The average Bonchev–Trinajstić information content (AvgIpc) is 3.11. The van der Waals surface area contributed by atoms with Gasteiger partial charge < -0.3 is 14.2 Å². The molecule has 20 heavy (non-hydrogen) atoms. The fraction of sp³-hybridized carbons (Fsp3) is 0.600. The van der Waals surface area contributed by atoms with Crippen molar-refractivity contribution in [3.63, 3.8) is 0 Å². The molecular formula is C15H20N2O3. The van der Waals surface area contributed by atoms with Gasteiger partial charge in [-0.3, -0.25) is 9.59 Å². The summed E-state index contributed by atoms with van der Waals surface area (Å²) in [7, 11) is 0. The Labute approximate surface area is 118 Å². The van der Waals surface area contributed by atoms with E-state index in [0.29, 0.717) is 19.4 Å². The van der Waals surface area contributed by atoms with Crippen molar-refractivity contribution in [3.05, 3.63) is 24.2 Å². The number of rotatable bonds is 3. The van der Waals surface area contributed by atoms with Crippen LogP contribution in [-0.2, 0) is 16.1 Å². The summed E-state index contributed by atoms with van der Waals surface area (Å²) in [5.41, 5.74) is 0. The minimum Gasteiger partial charge on any atom is -0.467 e. The molecule has 0 N–H and O–H groups in total. The molecule has 3 rings (SSSR count). The van der Waals surface area contributed by atoms with Crippen molar-refractivity contribution in [1.29, 1.82) is 0 Å². The van der Waals surface area contributed by atoms with Crippen molar-refractivity contribution >= 4 is 11.8 Å². The van der Waals surface area contributed by atoms with E-state index in [1.54, 1.807) is 17.2 Å². The van der Waals surface area contributed by atoms with Gasteiger partial charge in [-0.25, -0.2) is 0 Å². The minimum atomic E-state index is -0.300. The third-order valence-corrected chi connectivity index (χ3v) is 4.19. The van der Waals surface area contributed by atoms with Crippen LogP contribution in [-0.4, -0.2) is 40.7 Å². The molecule has 5 heteroatoms. The first kappa shape index (κ1) is 13.2. The maximum atomic E-state index is 12.6. The maximum absolute atomic E-state index is 12.6. The van der Waals surface area contributed by atoms with Crippen LogP contribution in [0.15, 0.2) is 22.8 Å². The molecule has 2 aliphatic rings. The van der Waals surface area contributed by atoms with E-state index in [0.717, 1.165) is 31.7 Å². The van der Waals surface area contributed by atoms with Gasteiger partial charge in [0.25, 0.3) is 0 Å². The zero-order chi connectivity index (χ0) is 13.9. The second-order valence-corrected chi connectivity index (χ2v) is 5.54. The molecule has 0 saturated carbocycles. The number of likely N-dealkylation sites (tertiary alicyclic amines) is 2. The molecule has 2 saturated heterocycles. The summed E-state index contributed by atoms with van der Waals surface area (Å²) in [6, 6.07) is 3.34. The van der Waals surface area contributed by atoms with Gasteiger partial charge in [-0.1, -0.05) is 0 Å². The van der Waals surface area contributed by atoms with Gasteiger partial charge in [0.15, 0.2) is 0 Å². The fourth-order valence-electron chi connectivity index (χ4n) is 3.08. The lowest BCUT2D eigenvalue weighted by Gasteiger charge is -2.32. The molecule has 1 atom stereocenters. The Morgan fingerprint density at radius 2 is 2.10 bits per heavy atom. The number of carbonyl (C=O) groups excluding carboxylic acids is 2. The minimum absolute atomic E-state index is 0.0526. The summed E-state index contributed by atoms with van der Waals surface area (Å²) in [5, 5.41) is 0. The van der Waals surface area contributed by atoms with Crippen LogP contribution in [0.5, 0.6) is 0 Å². The molecule has 0 aromatic carbocycles. The zero-order valence-electron chi connectivity index (χ0n) is 11.6. The second kappa shape index (κ2) is 5.69. The molecule has 2 fully saturated rings. The molecule has 0 bridgehead atoms. The Morgan fingerprint density at radius 1 is 1.30 bits per heavy atom. The highest BCUT2D eigenvalue weighted by Gasteiger charge is 2.38. The highest BCUT2D eigenvalue weighted by atomic mass is 16.3. The Morgan fingerprint density at radius 3 is 2.80 bits per heavy atom. The third-order valence-electron chi connectivity index (χ3n) is 4.19. The molecule has 0 unspecified atom stereocenters. The molecule has 108 valence electrons. The van der Waals surface area contributed by atoms with Gasteiger partial charge in [-0.15, -0.1) is 0 Å². The van der Waals surface area contributed by atoms with Crippen molar-refractivity contribution in [3.8, 4) is 0 Å². The highest BCUT2D eigenvalue weighted by Crippen LogP contribution is 2.24. The summed E-state index contributed by atoms with van der Waals surface area (Å²) < 4.78 is 5.30. The van der Waals surface area contributed by atoms with Crippen molar-refractivity contribution in [1.82, 2.24) is 9.80 Å². The van der Waals surface area contributed by atoms with E-state index in [2.05, 4.69) is 0 Å². The summed E-state index contributed by atoms with van der Waals surface area (Å²) in [6.45, 7) is 2.06. The van der Waals surface area contributed by atoms with Crippen LogP contribution >= 0.6 is 0 Å². The lowest BCUT2D eigenvalue weighted by Crippen LogP contribution is -2.48. The molecule has 5 nitrogen and oxygen atoms in total. The smallest absolute Gasteiger partial charge is 0.245 e. The fourth-order valence-corrected chi connectivity index (χ4v) is 3.08. The Kier molecular flexibility index (Phi) is 3.76. The van der Waals surface area contributed by atoms with E-state index in [9.17, 15) is 9.59 Å². The molecule has 1 aromatic heterocycles. The summed E-state index contributed by atoms with van der Waals surface area (Å²) in [6.07, 6.45) is 6.04. The van der Waals surface area contributed by atoms with Crippen LogP contribution in [0, 0.1) is 0 Å². The number of nitrogens with zero attached hydrogens (tertiary/aromatic N) is 2. The van der Waals surface area contributed by atoms with Crippen LogP contribution in [0.2, 0.25) is 0 Å². The predicted molar refractivity (Wildman–Crippen MR) is 72.7 cm³/mol. The monoisotopic (exact) mass is 276 g/mol. The molecule has 3 heterocycles. The molecule has 2 aliphatic heterocycles. The van der Waals surface area contributed by atoms with Crippen molar-refractivity contribution in [2.45, 2.75) is 44.7 Å². The molecule has 1 aromatic rings. The molecule has 0 aliphatic carbocycles. The van der Waals surface area contributed by atoms with Crippen molar-refractivity contribution in [2.75, 3.05) is 13.1 Å². The Balaban J connectivity index is 1.70. The lowest BCUT2D eigenvalue weighted by atomic mass is 10.1. The standard InChI is InChI=1S/C15H20N2O3/c18-14-7-6-13(15(19)16-8-2-1-3-9-16)17(14)11-12-5-4-10-20-12/h4-5,10,13H,1-3,6-9,11H2/t13-/m0/s1. The van der Waals surface area contributed by atoms with Crippen LogP contribution in [0.4, 0.5) is 0 Å². The summed E-state index contributed by atoms with van der Waals surface area (Å²) in [5.74, 6) is 0.899. The Hall–Kier alpha value is -1.78. The first-order chi connectivity index (χ1) is 9.75. The maximum Gasteiger partial charge on any atom is 0.245 e. The lowest BCUT2D eigenvalue weighted by molar-refractivity contribution is -0.142. The molecule has 0 spiro atoms. The number of hydrogen-bond donors (Lipinski definition) is 0. The predicted octanol–water partition coefficient (Wildman–Crippen LogP) is 1.78. The Bertz CT molecular complexity index is 477. The molecule has 0 radical (unpaired) electrons. The summed E-state index contributed by atoms with van der Waals surface area (Å²) in [4.78, 5) is 28.2. The first-order valence-corrected chi connectivity index (χ1v) is 7.36. The van der Waals surface area contributed by atoms with Crippen LogP contribution in [0.25, 0.3) is 0 Å². The van der Waals surface area contributed by atoms with E-state index >= 15 is 0 Å². The largest absolute Gasteiger partial charge is 0.467 e. The third kappa shape index (κ3) is 2.57. The number of hydrogen-bond acceptors (Lipinski definition) is 3. The van der Waals surface area contributed by atoms with E-state index in [-0.39, 0.29) is 17.9 Å². The van der Waals surface area contributed by atoms with E-state index in [1.165, 1.54) is 6.42 Å². The first-order valence-electron chi connectivity index (χ1n) is 7.36. The van der Waals surface area contributed by atoms with Crippen LogP contribution in [0.1, 0.15) is 37.9 Å². The van der Waals surface area contributed by atoms with Gasteiger partial charge >= 0.3 is 0 Å². The summed E-state index contributed by atoms with van der Waals surface area (Å²) >= 11 is 0. The van der Waals surface area contributed by atoms with E-state index in [1.807, 2.05) is 11.0 Å². The SMILES string of the molecule is O=C([C@@H]1CCC(=O)N1Cc1ccco1)N1CCCCC1. The highest BCUT2D eigenvalue weighted by molar-refractivity contribution is 5.90. The van der Waals surface area contributed by atoms with Crippen molar-refractivity contribution < 1.29 is 14.0 Å². The molecule has 2 amide bonds. The van der Waals surface area contributed by atoms with Crippen molar-refractivity contribution in [2.24, 2.45) is 0 Å². The number of amides is 2. The van der Waals surface area contributed by atoms with Gasteiger partial charge in [-0.2, -0.15) is 0 Å². The number of piperidine rings is 1. The van der Waals surface area contributed by atoms with Gasteiger partial charge in [-0.05, 0) is 37.8 Å². The normalized spacial score (nSPS) is 23.4. The second-order valence-electron chi connectivity index (χ2n) is 5.54. The zero-order valence-corrected chi connectivity index (χ0v) is 11.6. The van der Waals surface area contributed by atoms with E-state index in [4.69, 9.17) is 4.42 Å². The van der Waals surface area contributed by atoms with Crippen LogP contribution in [0.3, 0.4) is 0 Å².